The fourth-order valence-electron chi connectivity index (χ4n) is 8.08. The van der Waals surface area contributed by atoms with Gasteiger partial charge in [-0.3, -0.25) is 9.69 Å². The summed E-state index contributed by atoms with van der Waals surface area (Å²) in [5.74, 6) is 1.64. The Kier molecular flexibility index (Phi) is 5.01. The van der Waals surface area contributed by atoms with Gasteiger partial charge >= 0.3 is 5.97 Å². The molecule has 6 heteroatoms. The van der Waals surface area contributed by atoms with E-state index in [9.17, 15) is 4.79 Å². The first kappa shape index (κ1) is 21.7. The Morgan fingerprint density at radius 2 is 1.97 bits per heavy atom. The highest BCUT2D eigenvalue weighted by molar-refractivity contribution is 5.76. The van der Waals surface area contributed by atoms with E-state index in [4.69, 9.17) is 14.2 Å². The van der Waals surface area contributed by atoms with E-state index in [1.807, 2.05) is 12.1 Å². The molecule has 0 radical (unpaired) electrons. The van der Waals surface area contributed by atoms with Gasteiger partial charge < -0.3 is 19.1 Å². The Bertz CT molecular complexity index is 921. The average molecular weight is 455 g/mol. The van der Waals surface area contributed by atoms with Crippen molar-refractivity contribution in [2.75, 3.05) is 38.2 Å². The maximum Gasteiger partial charge on any atom is 0.311 e. The number of fused-ring (bicyclic) bond motifs is 2. The van der Waals surface area contributed by atoms with Crippen LogP contribution in [-0.4, -0.2) is 68.0 Å². The van der Waals surface area contributed by atoms with Crippen molar-refractivity contribution in [3.05, 3.63) is 24.3 Å². The third-order valence-electron chi connectivity index (χ3n) is 9.76. The first-order valence-corrected chi connectivity index (χ1v) is 12.9. The molecule has 3 heterocycles. The molecule has 1 aromatic carbocycles. The third-order valence-corrected chi connectivity index (χ3v) is 9.76. The largest absolute Gasteiger partial charge is 0.497 e. The molecule has 3 aliphatic heterocycles. The molecule has 0 aromatic heterocycles. The number of ether oxygens (including phenoxy) is 3. The molecule has 5 fully saturated rings. The van der Waals surface area contributed by atoms with Gasteiger partial charge in [-0.15, -0.1) is 0 Å². The number of epoxide rings is 1. The predicted octanol–water partition coefficient (Wildman–Crippen LogP) is 3.73. The molecule has 0 bridgehead atoms. The number of piperazine rings is 1. The third kappa shape index (κ3) is 3.16. The molecule has 2 saturated carbocycles. The van der Waals surface area contributed by atoms with Gasteiger partial charge in [0.05, 0.1) is 19.1 Å². The lowest BCUT2D eigenvalue weighted by molar-refractivity contribution is -0.146. The van der Waals surface area contributed by atoms with E-state index < -0.39 is 0 Å². The summed E-state index contributed by atoms with van der Waals surface area (Å²) in [6.45, 7) is 10.7. The number of hydrogen-bond donors (Lipinski definition) is 0. The van der Waals surface area contributed by atoms with Crippen molar-refractivity contribution < 1.29 is 19.0 Å². The van der Waals surface area contributed by atoms with E-state index in [0.29, 0.717) is 12.0 Å². The number of rotatable bonds is 4. The SMILES string of the molecule is COc1ccc(N2CCN(C[C@H]3C(=O)O[C@@H]4C[C@@]5(C)CCC[C@H](C)[C@@]56O[C@H]6[C@@H]43)C[C@H]2C)cc1. The summed E-state index contributed by atoms with van der Waals surface area (Å²) in [5, 5.41) is 0. The normalized spacial score (nSPS) is 44.5. The van der Waals surface area contributed by atoms with Gasteiger partial charge in [-0.2, -0.15) is 0 Å². The van der Waals surface area contributed by atoms with Gasteiger partial charge in [0, 0.05) is 49.2 Å². The summed E-state index contributed by atoms with van der Waals surface area (Å²) in [6.07, 6.45) is 4.92. The monoisotopic (exact) mass is 454 g/mol. The lowest BCUT2D eigenvalue weighted by atomic mass is 9.53. The van der Waals surface area contributed by atoms with E-state index in [0.717, 1.165) is 38.3 Å². The number of hydrogen-bond acceptors (Lipinski definition) is 6. The minimum Gasteiger partial charge on any atom is -0.497 e. The Hall–Kier alpha value is -1.79. The van der Waals surface area contributed by atoms with E-state index in [-0.39, 0.29) is 41.0 Å². The molecule has 2 aliphatic carbocycles. The van der Waals surface area contributed by atoms with E-state index in [1.54, 1.807) is 7.11 Å². The second-order valence-corrected chi connectivity index (χ2v) is 11.5. The van der Waals surface area contributed by atoms with Crippen LogP contribution >= 0.6 is 0 Å². The Balaban J connectivity index is 1.14. The summed E-state index contributed by atoms with van der Waals surface area (Å²) in [7, 11) is 1.70. The van der Waals surface area contributed by atoms with Crippen LogP contribution in [0.15, 0.2) is 24.3 Å². The van der Waals surface area contributed by atoms with Crippen molar-refractivity contribution in [1.29, 1.82) is 0 Å². The molecule has 3 saturated heterocycles. The summed E-state index contributed by atoms with van der Waals surface area (Å²) in [6, 6.07) is 8.71. The highest BCUT2D eigenvalue weighted by atomic mass is 16.6. The van der Waals surface area contributed by atoms with Crippen molar-refractivity contribution in [1.82, 2.24) is 4.90 Å². The predicted molar refractivity (Wildman–Crippen MR) is 126 cm³/mol. The summed E-state index contributed by atoms with van der Waals surface area (Å²) >= 11 is 0. The number of methoxy groups -OCH3 is 1. The molecule has 1 aromatic rings. The summed E-state index contributed by atoms with van der Waals surface area (Å²) in [4.78, 5) is 18.0. The van der Waals surface area contributed by atoms with E-state index in [2.05, 4.69) is 42.7 Å². The van der Waals surface area contributed by atoms with Gasteiger partial charge in [-0.25, -0.2) is 0 Å². The molecule has 8 atom stereocenters. The van der Waals surface area contributed by atoms with Crippen LogP contribution in [0.4, 0.5) is 5.69 Å². The van der Waals surface area contributed by atoms with E-state index >= 15 is 0 Å². The summed E-state index contributed by atoms with van der Waals surface area (Å²) < 4.78 is 18.0. The second-order valence-electron chi connectivity index (χ2n) is 11.5. The minimum atomic E-state index is -0.0576. The van der Waals surface area contributed by atoms with Crippen molar-refractivity contribution in [2.24, 2.45) is 23.2 Å². The van der Waals surface area contributed by atoms with Crippen LogP contribution in [0.5, 0.6) is 5.75 Å². The zero-order chi connectivity index (χ0) is 23.0. The molecule has 6 nitrogen and oxygen atoms in total. The van der Waals surface area contributed by atoms with Gasteiger partial charge in [0.1, 0.15) is 17.5 Å². The van der Waals surface area contributed by atoms with Gasteiger partial charge in [-0.05, 0) is 56.4 Å². The number of nitrogens with zero attached hydrogens (tertiary/aromatic N) is 2. The van der Waals surface area contributed by atoms with Gasteiger partial charge in [0.2, 0.25) is 0 Å². The lowest BCUT2D eigenvalue weighted by Gasteiger charge is -2.49. The summed E-state index contributed by atoms with van der Waals surface area (Å²) in [5.41, 5.74) is 1.37. The molecule has 5 aliphatic rings. The van der Waals surface area contributed by atoms with Crippen molar-refractivity contribution in [3.8, 4) is 5.75 Å². The standard InChI is InChI=1S/C27H38N2O4/c1-17-6-5-11-26(3)14-22-23(24-27(17,26)33-24)21(25(30)32-22)16-28-12-13-29(18(2)15-28)19-7-9-20(31-4)10-8-19/h7-10,17-18,21-24H,5-6,11-16H2,1-4H3/t17-,18+,21+,22+,23+,24-,26+,27-/m0/s1. The Labute approximate surface area is 197 Å². The number of esters is 1. The van der Waals surface area contributed by atoms with Crippen LogP contribution in [0.3, 0.4) is 0 Å². The molecular formula is C27H38N2O4. The topological polar surface area (TPSA) is 54.5 Å². The zero-order valence-electron chi connectivity index (χ0n) is 20.5. The van der Waals surface area contributed by atoms with Gasteiger partial charge in [0.15, 0.2) is 0 Å². The van der Waals surface area contributed by atoms with Gasteiger partial charge in [-0.1, -0.05) is 20.3 Å². The van der Waals surface area contributed by atoms with Crippen molar-refractivity contribution in [3.63, 3.8) is 0 Å². The van der Waals surface area contributed by atoms with Crippen LogP contribution in [0.2, 0.25) is 0 Å². The highest BCUT2D eigenvalue weighted by Gasteiger charge is 2.78. The molecule has 0 N–H and O–H groups in total. The highest BCUT2D eigenvalue weighted by Crippen LogP contribution is 2.70. The van der Waals surface area contributed by atoms with Crippen LogP contribution in [0, 0.1) is 23.2 Å². The van der Waals surface area contributed by atoms with Crippen molar-refractivity contribution >= 4 is 11.7 Å². The maximum atomic E-state index is 13.1. The Morgan fingerprint density at radius 1 is 1.18 bits per heavy atom. The molecule has 0 amide bonds. The van der Waals surface area contributed by atoms with Crippen molar-refractivity contribution in [2.45, 2.75) is 70.3 Å². The smallest absolute Gasteiger partial charge is 0.311 e. The molecule has 0 unspecified atom stereocenters. The number of carbonyl (C=O) groups is 1. The lowest BCUT2D eigenvalue weighted by Crippen LogP contribution is -2.56. The average Bonchev–Trinajstić information content (AvgIpc) is 3.48. The van der Waals surface area contributed by atoms with E-state index in [1.165, 1.54) is 24.9 Å². The van der Waals surface area contributed by atoms with Crippen LogP contribution in [0.1, 0.15) is 46.5 Å². The van der Waals surface area contributed by atoms with Crippen LogP contribution < -0.4 is 9.64 Å². The fraction of sp³-hybridized carbons (Fsp3) is 0.741. The first-order valence-electron chi connectivity index (χ1n) is 12.9. The Morgan fingerprint density at radius 3 is 2.70 bits per heavy atom. The first-order chi connectivity index (χ1) is 15.9. The number of carbonyl (C=O) groups excluding carboxylic acids is 1. The molecular weight excluding hydrogens is 416 g/mol. The van der Waals surface area contributed by atoms with Crippen LogP contribution in [-0.2, 0) is 14.3 Å². The minimum absolute atomic E-state index is 0.00999. The number of anilines is 1. The molecule has 6 rings (SSSR count). The zero-order valence-corrected chi connectivity index (χ0v) is 20.5. The molecule has 180 valence electrons. The quantitative estimate of drug-likeness (QED) is 0.510. The maximum absolute atomic E-state index is 13.1. The van der Waals surface area contributed by atoms with Gasteiger partial charge in [0.25, 0.3) is 0 Å². The molecule has 1 spiro atoms. The second kappa shape index (κ2) is 7.61. The number of benzene rings is 1. The van der Waals surface area contributed by atoms with Crippen LogP contribution in [0.25, 0.3) is 0 Å². The molecule has 33 heavy (non-hydrogen) atoms. The fourth-order valence-corrected chi connectivity index (χ4v) is 8.08.